The predicted molar refractivity (Wildman–Crippen MR) is 153 cm³/mol. The molecule has 3 aromatic heterocycles. The molecule has 1 aromatic carbocycles. The Labute approximate surface area is 233 Å². The van der Waals surface area contributed by atoms with Crippen LogP contribution in [0.1, 0.15) is 51.0 Å². The summed E-state index contributed by atoms with van der Waals surface area (Å²) in [5.41, 5.74) is 2.27. The maximum atomic E-state index is 13.1. The molecule has 204 valence electrons. The number of nitrogens with zero attached hydrogens (tertiary/aromatic N) is 4. The predicted octanol–water partition coefficient (Wildman–Crippen LogP) is 5.30. The van der Waals surface area contributed by atoms with E-state index < -0.39 is 11.7 Å². The van der Waals surface area contributed by atoms with Crippen LogP contribution in [0.15, 0.2) is 30.5 Å². The van der Waals surface area contributed by atoms with Crippen molar-refractivity contribution in [2.75, 3.05) is 18.9 Å². The van der Waals surface area contributed by atoms with Gasteiger partial charge >= 0.3 is 6.09 Å². The molecular weight excluding hydrogens is 536 g/mol. The Hall–Kier alpha value is -3.64. The lowest BCUT2D eigenvalue weighted by Crippen LogP contribution is -2.44. The van der Waals surface area contributed by atoms with Crippen LogP contribution in [-0.2, 0) is 9.53 Å². The Morgan fingerprint density at radius 3 is 2.67 bits per heavy atom. The Balaban J connectivity index is 1.31. The number of likely N-dealkylation sites (N-methyl/N-ethyl adjacent to an activating group) is 1. The molecule has 1 atom stereocenters. The highest BCUT2D eigenvalue weighted by Crippen LogP contribution is 2.34. The Bertz CT molecular complexity index is 1570. The van der Waals surface area contributed by atoms with Gasteiger partial charge in [-0.2, -0.15) is 4.37 Å². The second-order valence-corrected chi connectivity index (χ2v) is 12.6. The van der Waals surface area contributed by atoms with E-state index in [4.69, 9.17) is 4.74 Å². The molecule has 1 fully saturated rings. The van der Waals surface area contributed by atoms with Crippen LogP contribution in [0.3, 0.4) is 0 Å². The van der Waals surface area contributed by atoms with Crippen LogP contribution in [0.4, 0.5) is 9.93 Å². The molecule has 0 saturated heterocycles. The lowest BCUT2D eigenvalue weighted by atomic mass is 10.1. The van der Waals surface area contributed by atoms with Crippen molar-refractivity contribution in [3.63, 3.8) is 0 Å². The van der Waals surface area contributed by atoms with Crippen LogP contribution in [0.25, 0.3) is 31.6 Å². The number of hydrogen-bond acceptors (Lipinski definition) is 9. The van der Waals surface area contributed by atoms with Gasteiger partial charge in [-0.1, -0.05) is 17.4 Å². The van der Waals surface area contributed by atoms with Crippen molar-refractivity contribution in [3.8, 4) is 11.1 Å². The maximum absolute atomic E-state index is 13.1. The highest BCUT2D eigenvalue weighted by Gasteiger charge is 2.30. The summed E-state index contributed by atoms with van der Waals surface area (Å²) in [4.78, 5) is 48.6. The summed E-state index contributed by atoms with van der Waals surface area (Å²) in [6, 6.07) is 7.46. The standard InChI is InChI=1S/C27H30N6O4S2/c1-14(13-33(5)26(36)37-27(2,3)4)29-23(35)21-18-10-17(12-28-24(18)39-32-21)16-8-9-19-20(11-16)38-25(30-19)31-22(34)15-6-7-15/h8-12,14-15H,6-7,13H2,1-5H3,(H,29,35)(H,30,31,34). The molecule has 0 radical (unpaired) electrons. The summed E-state index contributed by atoms with van der Waals surface area (Å²) in [5, 5.41) is 7.09. The fourth-order valence-corrected chi connectivity index (χ4v) is 5.65. The monoisotopic (exact) mass is 566 g/mol. The van der Waals surface area contributed by atoms with Crippen molar-refractivity contribution < 1.29 is 19.1 Å². The molecule has 4 aromatic rings. The van der Waals surface area contributed by atoms with E-state index in [1.807, 2.05) is 52.0 Å². The lowest BCUT2D eigenvalue weighted by molar-refractivity contribution is -0.117. The van der Waals surface area contributed by atoms with E-state index in [1.165, 1.54) is 16.2 Å². The van der Waals surface area contributed by atoms with Crippen LogP contribution >= 0.6 is 22.9 Å². The molecule has 5 rings (SSSR count). The molecule has 3 amide bonds. The SMILES string of the molecule is CC(CN(C)C(=O)OC(C)(C)C)NC(=O)c1nsc2ncc(-c3ccc4nc(NC(=O)C5CC5)sc4c3)cc12. The first-order valence-corrected chi connectivity index (χ1v) is 14.3. The number of anilines is 1. The number of carbonyl (C=O) groups is 3. The van der Waals surface area contributed by atoms with Crippen LogP contribution in [0, 0.1) is 5.92 Å². The first-order valence-electron chi connectivity index (χ1n) is 12.7. The molecule has 12 heteroatoms. The van der Waals surface area contributed by atoms with Crippen LogP contribution in [0.2, 0.25) is 0 Å². The van der Waals surface area contributed by atoms with Gasteiger partial charge in [0.2, 0.25) is 5.91 Å². The average Bonchev–Trinajstić information content (AvgIpc) is 3.51. The number of aromatic nitrogens is 3. The minimum absolute atomic E-state index is 0.0329. The first-order chi connectivity index (χ1) is 18.5. The highest BCUT2D eigenvalue weighted by atomic mass is 32.1. The van der Waals surface area contributed by atoms with Gasteiger partial charge in [0.1, 0.15) is 10.4 Å². The first kappa shape index (κ1) is 26.9. The number of pyridine rings is 1. The fraction of sp³-hybridized carbons (Fsp3) is 0.407. The topological polar surface area (TPSA) is 126 Å². The second kappa shape index (κ2) is 10.5. The van der Waals surface area contributed by atoms with Gasteiger partial charge in [0.05, 0.1) is 10.2 Å². The molecule has 1 unspecified atom stereocenters. The molecule has 1 saturated carbocycles. The van der Waals surface area contributed by atoms with E-state index in [-0.39, 0.29) is 30.3 Å². The third-order valence-electron chi connectivity index (χ3n) is 6.08. The molecule has 39 heavy (non-hydrogen) atoms. The van der Waals surface area contributed by atoms with Gasteiger partial charge < -0.3 is 20.3 Å². The summed E-state index contributed by atoms with van der Waals surface area (Å²) in [6.07, 6.45) is 3.19. The van der Waals surface area contributed by atoms with Gasteiger partial charge in [0.25, 0.3) is 5.91 Å². The quantitative estimate of drug-likeness (QED) is 0.311. The van der Waals surface area contributed by atoms with Gasteiger partial charge in [0.15, 0.2) is 10.8 Å². The third kappa shape index (κ3) is 6.34. The fourth-order valence-electron chi connectivity index (χ4n) is 4.03. The van der Waals surface area contributed by atoms with Crippen molar-refractivity contribution in [1.29, 1.82) is 0 Å². The number of amides is 3. The zero-order valence-electron chi connectivity index (χ0n) is 22.4. The average molecular weight is 567 g/mol. The van der Waals surface area contributed by atoms with E-state index >= 15 is 0 Å². The largest absolute Gasteiger partial charge is 0.444 e. The summed E-state index contributed by atoms with van der Waals surface area (Å²) in [5.74, 6) is -0.186. The number of nitrogens with one attached hydrogen (secondary N) is 2. The third-order valence-corrected chi connectivity index (χ3v) is 7.78. The maximum Gasteiger partial charge on any atom is 0.410 e. The van der Waals surface area contributed by atoms with Crippen LogP contribution in [-0.4, -0.2) is 62.4 Å². The summed E-state index contributed by atoms with van der Waals surface area (Å²) >= 11 is 2.60. The molecule has 0 spiro atoms. The number of thiazole rings is 1. The van der Waals surface area contributed by atoms with Crippen molar-refractivity contribution >= 4 is 66.3 Å². The number of fused-ring (bicyclic) bond motifs is 2. The summed E-state index contributed by atoms with van der Waals surface area (Å²) in [6.45, 7) is 7.53. The number of ether oxygens (including phenoxy) is 1. The minimum atomic E-state index is -0.596. The lowest BCUT2D eigenvalue weighted by Gasteiger charge is -2.26. The zero-order chi connectivity index (χ0) is 27.9. The Morgan fingerprint density at radius 2 is 1.95 bits per heavy atom. The van der Waals surface area contributed by atoms with Crippen molar-refractivity contribution in [2.45, 2.75) is 52.2 Å². The zero-order valence-corrected chi connectivity index (χ0v) is 24.0. The number of carbonyl (C=O) groups excluding carboxylic acids is 3. The molecular formula is C27H30N6O4S2. The second-order valence-electron chi connectivity index (χ2n) is 10.8. The molecule has 2 N–H and O–H groups in total. The summed E-state index contributed by atoms with van der Waals surface area (Å²) < 4.78 is 10.7. The van der Waals surface area contributed by atoms with Gasteiger partial charge in [0, 0.05) is 42.7 Å². The van der Waals surface area contributed by atoms with E-state index in [9.17, 15) is 14.4 Å². The molecule has 10 nitrogen and oxygen atoms in total. The summed E-state index contributed by atoms with van der Waals surface area (Å²) in [7, 11) is 1.63. The van der Waals surface area contributed by atoms with Gasteiger partial charge in [-0.25, -0.2) is 14.8 Å². The molecule has 0 bridgehead atoms. The molecule has 1 aliphatic carbocycles. The molecule has 3 heterocycles. The highest BCUT2D eigenvalue weighted by molar-refractivity contribution is 7.22. The van der Waals surface area contributed by atoms with Crippen molar-refractivity contribution in [1.82, 2.24) is 24.6 Å². The molecule has 1 aliphatic rings. The van der Waals surface area contributed by atoms with Gasteiger partial charge in [-0.3, -0.25) is 9.59 Å². The van der Waals surface area contributed by atoms with Crippen LogP contribution in [0.5, 0.6) is 0 Å². The van der Waals surface area contributed by atoms with Gasteiger partial charge in [-0.15, -0.1) is 0 Å². The smallest absolute Gasteiger partial charge is 0.410 e. The van der Waals surface area contributed by atoms with E-state index in [0.29, 0.717) is 21.0 Å². The van der Waals surface area contributed by atoms with Crippen molar-refractivity contribution in [2.24, 2.45) is 5.92 Å². The molecule has 0 aliphatic heterocycles. The Kier molecular flexibility index (Phi) is 7.25. The number of benzene rings is 1. The van der Waals surface area contributed by atoms with E-state index in [0.717, 1.165) is 45.7 Å². The van der Waals surface area contributed by atoms with E-state index in [1.54, 1.807) is 13.2 Å². The van der Waals surface area contributed by atoms with Crippen molar-refractivity contribution in [3.05, 3.63) is 36.2 Å². The number of rotatable bonds is 7. The minimum Gasteiger partial charge on any atom is -0.444 e. The Morgan fingerprint density at radius 1 is 1.18 bits per heavy atom. The van der Waals surface area contributed by atoms with Gasteiger partial charge in [-0.05, 0) is 75.8 Å². The van der Waals surface area contributed by atoms with E-state index in [2.05, 4.69) is 25.0 Å². The normalized spacial score (nSPS) is 14.3. The number of hydrogen-bond donors (Lipinski definition) is 2. The van der Waals surface area contributed by atoms with Crippen LogP contribution < -0.4 is 10.6 Å².